The van der Waals surface area contributed by atoms with Crippen molar-refractivity contribution in [2.75, 3.05) is 13.7 Å². The van der Waals surface area contributed by atoms with Crippen LogP contribution in [0.1, 0.15) is 18.1 Å². The van der Waals surface area contributed by atoms with Gasteiger partial charge >= 0.3 is 5.97 Å². The first-order chi connectivity index (χ1) is 17.0. The molecule has 35 heavy (non-hydrogen) atoms. The Labute approximate surface area is 203 Å². The molecule has 2 aromatic carbocycles. The second kappa shape index (κ2) is 9.19. The van der Waals surface area contributed by atoms with Crippen molar-refractivity contribution in [2.24, 2.45) is 11.8 Å². The van der Waals surface area contributed by atoms with Gasteiger partial charge in [-0.2, -0.15) is 0 Å². The van der Waals surface area contributed by atoms with E-state index in [0.29, 0.717) is 12.3 Å². The Bertz CT molecular complexity index is 1150. The molecule has 5 unspecified atom stereocenters. The molecule has 182 valence electrons. The van der Waals surface area contributed by atoms with Crippen LogP contribution in [-0.4, -0.2) is 54.1 Å². The molecule has 3 aliphatic heterocycles. The molecule has 2 amide bonds. The van der Waals surface area contributed by atoms with Crippen LogP contribution in [-0.2, 0) is 36.9 Å². The van der Waals surface area contributed by atoms with Crippen LogP contribution in [0.4, 0.5) is 0 Å². The highest BCUT2D eigenvalue weighted by molar-refractivity contribution is 5.99. The molecule has 1 spiro atoms. The van der Waals surface area contributed by atoms with Crippen LogP contribution < -0.4 is 10.1 Å². The van der Waals surface area contributed by atoms with E-state index in [4.69, 9.17) is 14.2 Å². The zero-order valence-corrected chi connectivity index (χ0v) is 19.7. The summed E-state index contributed by atoms with van der Waals surface area (Å²) < 4.78 is 16.8. The third-order valence-corrected chi connectivity index (χ3v) is 7.00. The van der Waals surface area contributed by atoms with Gasteiger partial charge in [-0.25, -0.2) is 0 Å². The number of esters is 1. The first kappa shape index (κ1) is 23.1. The van der Waals surface area contributed by atoms with E-state index in [1.807, 2.05) is 54.6 Å². The minimum atomic E-state index is -1.22. The van der Waals surface area contributed by atoms with Crippen molar-refractivity contribution in [3.05, 3.63) is 77.9 Å². The van der Waals surface area contributed by atoms with Crippen molar-refractivity contribution in [1.29, 1.82) is 0 Å². The molecule has 0 radical (unpaired) electrons. The summed E-state index contributed by atoms with van der Waals surface area (Å²) in [5.74, 6) is -1.99. The number of rotatable bonds is 8. The van der Waals surface area contributed by atoms with Gasteiger partial charge < -0.3 is 24.4 Å². The Morgan fingerprint density at radius 3 is 2.51 bits per heavy atom. The third kappa shape index (κ3) is 3.87. The fourth-order valence-electron chi connectivity index (χ4n) is 5.46. The molecule has 2 fully saturated rings. The molecule has 1 N–H and O–H groups in total. The van der Waals surface area contributed by atoms with E-state index in [-0.39, 0.29) is 25.0 Å². The number of nitrogens with one attached hydrogen (secondary N) is 1. The first-order valence-electron chi connectivity index (χ1n) is 11.8. The van der Waals surface area contributed by atoms with Gasteiger partial charge in [0.05, 0.1) is 25.7 Å². The number of fused-ring (bicyclic) bond motifs is 1. The normalized spacial score (nSPS) is 28.2. The maximum atomic E-state index is 13.8. The second-order valence-corrected chi connectivity index (χ2v) is 8.97. The molecule has 0 aromatic heterocycles. The molecule has 2 aromatic rings. The zero-order valence-electron chi connectivity index (χ0n) is 19.7. The summed E-state index contributed by atoms with van der Waals surface area (Å²) in [7, 11) is 1.59. The number of carbonyl (C=O) groups is 3. The summed E-state index contributed by atoms with van der Waals surface area (Å²) in [6.45, 7) is 2.44. The Morgan fingerprint density at radius 2 is 1.83 bits per heavy atom. The first-order valence-corrected chi connectivity index (χ1v) is 11.8. The van der Waals surface area contributed by atoms with E-state index in [1.54, 1.807) is 26.2 Å². The van der Waals surface area contributed by atoms with Crippen molar-refractivity contribution in [1.82, 2.24) is 10.2 Å². The zero-order chi connectivity index (χ0) is 24.6. The molecular weight excluding hydrogens is 448 g/mol. The van der Waals surface area contributed by atoms with E-state index in [2.05, 4.69) is 5.32 Å². The summed E-state index contributed by atoms with van der Waals surface area (Å²) in [6.07, 6.45) is 2.98. The standard InChI is InChI=1S/C27H28N2O6/c1-3-34-26(32)21-20-13-14-27(35-20)22(21)25(31)29(16-18-9-11-19(33-2)12-10-18)23(27)24(30)28-15-17-7-5-4-6-8-17/h4-14,20-23H,3,15-16H2,1-2H3,(H,28,30). The number of likely N-dealkylation sites (tertiary alicyclic amines) is 1. The van der Waals surface area contributed by atoms with E-state index < -0.39 is 35.6 Å². The Balaban J connectivity index is 1.47. The van der Waals surface area contributed by atoms with Crippen molar-refractivity contribution < 1.29 is 28.6 Å². The Kier molecular flexibility index (Phi) is 6.06. The molecule has 0 saturated carbocycles. The highest BCUT2D eigenvalue weighted by Gasteiger charge is 2.73. The number of carbonyl (C=O) groups excluding carboxylic acids is 3. The molecule has 2 bridgehead atoms. The molecular formula is C27H28N2O6. The van der Waals surface area contributed by atoms with Crippen molar-refractivity contribution >= 4 is 17.8 Å². The summed E-state index contributed by atoms with van der Waals surface area (Å²) in [5.41, 5.74) is 0.562. The van der Waals surface area contributed by atoms with Gasteiger partial charge in [-0.05, 0) is 30.2 Å². The monoisotopic (exact) mass is 476 g/mol. The largest absolute Gasteiger partial charge is 0.497 e. The summed E-state index contributed by atoms with van der Waals surface area (Å²) in [5, 5.41) is 2.97. The van der Waals surface area contributed by atoms with Crippen LogP contribution in [0.2, 0.25) is 0 Å². The molecule has 2 saturated heterocycles. The van der Waals surface area contributed by atoms with Crippen molar-refractivity contribution in [2.45, 2.75) is 37.8 Å². The second-order valence-electron chi connectivity index (χ2n) is 8.97. The summed E-state index contributed by atoms with van der Waals surface area (Å²) in [4.78, 5) is 41.8. The molecule has 8 heteroatoms. The molecule has 8 nitrogen and oxygen atoms in total. The molecule has 3 aliphatic rings. The minimum Gasteiger partial charge on any atom is -0.497 e. The highest BCUT2D eigenvalue weighted by Crippen LogP contribution is 2.55. The highest BCUT2D eigenvalue weighted by atomic mass is 16.6. The predicted molar refractivity (Wildman–Crippen MR) is 126 cm³/mol. The smallest absolute Gasteiger partial charge is 0.312 e. The van der Waals surface area contributed by atoms with Crippen LogP contribution in [0.3, 0.4) is 0 Å². The van der Waals surface area contributed by atoms with Crippen molar-refractivity contribution in [3.63, 3.8) is 0 Å². The maximum absolute atomic E-state index is 13.8. The van der Waals surface area contributed by atoms with Gasteiger partial charge in [-0.1, -0.05) is 54.6 Å². The lowest BCUT2D eigenvalue weighted by Crippen LogP contribution is -2.54. The van der Waals surface area contributed by atoms with Gasteiger partial charge in [0.25, 0.3) is 0 Å². The van der Waals surface area contributed by atoms with Gasteiger partial charge in [-0.15, -0.1) is 0 Å². The predicted octanol–water partition coefficient (Wildman–Crippen LogP) is 2.23. The minimum absolute atomic E-state index is 0.196. The van der Waals surface area contributed by atoms with Gasteiger partial charge in [0.15, 0.2) is 0 Å². The molecule has 5 rings (SSSR count). The van der Waals surface area contributed by atoms with E-state index in [0.717, 1.165) is 11.1 Å². The Morgan fingerprint density at radius 1 is 1.09 bits per heavy atom. The maximum Gasteiger partial charge on any atom is 0.312 e. The summed E-state index contributed by atoms with van der Waals surface area (Å²) >= 11 is 0. The lowest BCUT2D eigenvalue weighted by atomic mass is 9.74. The van der Waals surface area contributed by atoms with Gasteiger partial charge in [0.1, 0.15) is 23.3 Å². The average molecular weight is 477 g/mol. The molecule has 3 heterocycles. The Hall–Kier alpha value is -3.65. The van der Waals surface area contributed by atoms with Crippen LogP contribution >= 0.6 is 0 Å². The number of methoxy groups -OCH3 is 1. The quantitative estimate of drug-likeness (QED) is 0.464. The number of ether oxygens (including phenoxy) is 3. The third-order valence-electron chi connectivity index (χ3n) is 7.00. The number of benzene rings is 2. The van der Waals surface area contributed by atoms with Crippen LogP contribution in [0, 0.1) is 11.8 Å². The molecule has 5 atom stereocenters. The van der Waals surface area contributed by atoms with E-state index >= 15 is 0 Å². The van der Waals surface area contributed by atoms with E-state index in [1.165, 1.54) is 4.90 Å². The van der Waals surface area contributed by atoms with Gasteiger partial charge in [0, 0.05) is 13.1 Å². The topological polar surface area (TPSA) is 94.2 Å². The van der Waals surface area contributed by atoms with Crippen molar-refractivity contribution in [3.8, 4) is 5.75 Å². The fourth-order valence-corrected chi connectivity index (χ4v) is 5.46. The van der Waals surface area contributed by atoms with Crippen LogP contribution in [0.25, 0.3) is 0 Å². The SMILES string of the molecule is CCOC(=O)C1C2C=CC3(O2)C1C(=O)N(Cc1ccc(OC)cc1)C3C(=O)NCc1ccccc1. The fraction of sp³-hybridized carbons (Fsp3) is 0.370. The number of nitrogens with zero attached hydrogens (tertiary/aromatic N) is 1. The number of hydrogen-bond acceptors (Lipinski definition) is 6. The summed E-state index contributed by atoms with van der Waals surface area (Å²) in [6, 6.07) is 16.0. The molecule has 0 aliphatic carbocycles. The van der Waals surface area contributed by atoms with Crippen LogP contribution in [0.15, 0.2) is 66.7 Å². The number of amides is 2. The number of hydrogen-bond donors (Lipinski definition) is 1. The van der Waals surface area contributed by atoms with Crippen LogP contribution in [0.5, 0.6) is 5.75 Å². The lowest BCUT2D eigenvalue weighted by molar-refractivity contribution is -0.153. The van der Waals surface area contributed by atoms with Gasteiger partial charge in [-0.3, -0.25) is 14.4 Å². The lowest BCUT2D eigenvalue weighted by Gasteiger charge is -2.32. The van der Waals surface area contributed by atoms with E-state index in [9.17, 15) is 14.4 Å². The average Bonchev–Trinajstić information content (AvgIpc) is 3.51. The van der Waals surface area contributed by atoms with Gasteiger partial charge in [0.2, 0.25) is 11.8 Å².